The van der Waals surface area contributed by atoms with Crippen LogP contribution >= 0.6 is 24.0 Å². The van der Waals surface area contributed by atoms with Crippen molar-refractivity contribution in [3.8, 4) is 5.75 Å². The number of aromatic nitrogens is 2. The predicted molar refractivity (Wildman–Crippen MR) is 110 cm³/mol. The molecule has 0 unspecified atom stereocenters. The van der Waals surface area contributed by atoms with Gasteiger partial charge in [0.1, 0.15) is 12.4 Å². The largest absolute Gasteiger partial charge is 0.489 e. The molecular weight excluding hydrogens is 469 g/mol. The number of nitrogens with zero attached hydrogens (tertiary/aromatic N) is 5. The molecule has 2 aromatic rings. The lowest BCUT2D eigenvalue weighted by atomic mass is 10.3. The highest BCUT2D eigenvalue weighted by molar-refractivity contribution is 14.0. The topological polar surface area (TPSA) is 79.9 Å². The van der Waals surface area contributed by atoms with Crippen molar-refractivity contribution in [2.75, 3.05) is 44.2 Å². The molecule has 0 aliphatic carbocycles. The van der Waals surface area contributed by atoms with Gasteiger partial charge < -0.3 is 20.3 Å². The van der Waals surface area contributed by atoms with Crippen LogP contribution in [-0.2, 0) is 0 Å². The Balaban J connectivity index is 0.00000261. The number of anilines is 1. The zero-order valence-electron chi connectivity index (χ0n) is 14.6. The highest BCUT2D eigenvalue weighted by atomic mass is 127. The van der Waals surface area contributed by atoms with E-state index in [1.54, 1.807) is 18.5 Å². The van der Waals surface area contributed by atoms with Crippen molar-refractivity contribution in [2.45, 2.75) is 0 Å². The van der Waals surface area contributed by atoms with Gasteiger partial charge in [-0.3, -0.25) is 0 Å². The zero-order chi connectivity index (χ0) is 18.4. The van der Waals surface area contributed by atoms with Crippen LogP contribution in [0.15, 0.2) is 41.7 Å². The maximum atomic E-state index is 13.5. The smallest absolute Gasteiger partial charge is 0.225 e. The van der Waals surface area contributed by atoms with Gasteiger partial charge in [0, 0.05) is 44.6 Å². The number of hydrogen-bond donors (Lipinski definition) is 1. The first kappa shape index (κ1) is 21.1. The molecule has 0 saturated carbocycles. The normalized spacial score (nSPS) is 14.7. The standard InChI is InChI=1S/C17H20F2N6O.HI/c18-13-2-3-15(14(19)12-13)26-11-6-21-16(20)24-7-9-25(10-8-24)17-22-4-1-5-23-17;/h1-5,12H,6-11H2,(H2,20,21);1H. The average Bonchev–Trinajstić information content (AvgIpc) is 2.67. The summed E-state index contributed by atoms with van der Waals surface area (Å²) >= 11 is 0. The molecule has 0 spiro atoms. The van der Waals surface area contributed by atoms with Crippen molar-refractivity contribution in [1.82, 2.24) is 14.9 Å². The Kier molecular flexibility index (Phi) is 7.95. The van der Waals surface area contributed by atoms with Gasteiger partial charge in [-0.1, -0.05) is 0 Å². The van der Waals surface area contributed by atoms with Crippen molar-refractivity contribution in [2.24, 2.45) is 10.7 Å². The number of halogens is 3. The second-order valence-corrected chi connectivity index (χ2v) is 5.69. The number of rotatable bonds is 5. The van der Waals surface area contributed by atoms with E-state index in [-0.39, 0.29) is 42.9 Å². The highest BCUT2D eigenvalue weighted by Crippen LogP contribution is 2.17. The van der Waals surface area contributed by atoms with E-state index in [0.717, 1.165) is 25.2 Å². The number of nitrogens with two attached hydrogens (primary N) is 1. The summed E-state index contributed by atoms with van der Waals surface area (Å²) in [4.78, 5) is 16.8. The van der Waals surface area contributed by atoms with E-state index in [1.165, 1.54) is 6.07 Å². The molecule has 146 valence electrons. The van der Waals surface area contributed by atoms with Gasteiger partial charge in [0.25, 0.3) is 0 Å². The van der Waals surface area contributed by atoms with Crippen LogP contribution < -0.4 is 15.4 Å². The van der Waals surface area contributed by atoms with E-state index in [9.17, 15) is 8.78 Å². The Morgan fingerprint density at radius 3 is 2.52 bits per heavy atom. The van der Waals surface area contributed by atoms with Crippen LogP contribution in [0.1, 0.15) is 0 Å². The van der Waals surface area contributed by atoms with E-state index in [0.29, 0.717) is 25.0 Å². The molecule has 1 fully saturated rings. The number of benzene rings is 1. The second kappa shape index (κ2) is 10.2. The number of ether oxygens (including phenoxy) is 1. The molecular formula is C17H21F2IN6O. The third-order valence-corrected chi connectivity index (χ3v) is 3.96. The summed E-state index contributed by atoms with van der Waals surface area (Å²) in [5.41, 5.74) is 6.01. The molecule has 10 heteroatoms. The molecule has 1 aliphatic heterocycles. The molecule has 7 nitrogen and oxygen atoms in total. The monoisotopic (exact) mass is 490 g/mol. The van der Waals surface area contributed by atoms with E-state index in [1.807, 2.05) is 4.90 Å². The van der Waals surface area contributed by atoms with Gasteiger partial charge >= 0.3 is 0 Å². The molecule has 3 rings (SSSR count). The maximum absolute atomic E-state index is 13.5. The van der Waals surface area contributed by atoms with Gasteiger partial charge in [0.05, 0.1) is 6.54 Å². The average molecular weight is 490 g/mol. The molecule has 27 heavy (non-hydrogen) atoms. The van der Waals surface area contributed by atoms with Crippen LogP contribution in [0.5, 0.6) is 5.75 Å². The molecule has 1 saturated heterocycles. The lowest BCUT2D eigenvalue weighted by Gasteiger charge is -2.35. The fourth-order valence-corrected chi connectivity index (χ4v) is 2.60. The SMILES string of the molecule is I.NC(=NCCOc1ccc(F)cc1F)N1CCN(c2ncccn2)CC1. The first-order valence-corrected chi connectivity index (χ1v) is 8.28. The summed E-state index contributed by atoms with van der Waals surface area (Å²) in [6.07, 6.45) is 3.43. The summed E-state index contributed by atoms with van der Waals surface area (Å²) < 4.78 is 31.5. The molecule has 0 amide bonds. The Morgan fingerprint density at radius 2 is 1.85 bits per heavy atom. The fraction of sp³-hybridized carbons (Fsp3) is 0.353. The van der Waals surface area contributed by atoms with Crippen LogP contribution in [0.3, 0.4) is 0 Å². The molecule has 0 radical (unpaired) electrons. The predicted octanol–water partition coefficient (Wildman–Crippen LogP) is 1.89. The third kappa shape index (κ3) is 5.88. The van der Waals surface area contributed by atoms with Crippen molar-refractivity contribution in [1.29, 1.82) is 0 Å². The van der Waals surface area contributed by atoms with Gasteiger partial charge in [-0.15, -0.1) is 24.0 Å². The van der Waals surface area contributed by atoms with Crippen molar-refractivity contribution in [3.05, 3.63) is 48.3 Å². The van der Waals surface area contributed by atoms with Crippen molar-refractivity contribution in [3.63, 3.8) is 0 Å². The van der Waals surface area contributed by atoms with Crippen molar-refractivity contribution >= 4 is 35.9 Å². The first-order chi connectivity index (χ1) is 12.6. The maximum Gasteiger partial charge on any atom is 0.225 e. The highest BCUT2D eigenvalue weighted by Gasteiger charge is 2.19. The number of piperazine rings is 1. The van der Waals surface area contributed by atoms with E-state index < -0.39 is 11.6 Å². The molecule has 0 bridgehead atoms. The van der Waals surface area contributed by atoms with Gasteiger partial charge in [0.2, 0.25) is 5.95 Å². The van der Waals surface area contributed by atoms with Crippen LogP contribution in [-0.4, -0.2) is 60.2 Å². The summed E-state index contributed by atoms with van der Waals surface area (Å²) in [7, 11) is 0. The lowest BCUT2D eigenvalue weighted by molar-refractivity contribution is 0.308. The molecule has 1 aromatic heterocycles. The van der Waals surface area contributed by atoms with E-state index >= 15 is 0 Å². The van der Waals surface area contributed by atoms with Gasteiger partial charge in [-0.05, 0) is 18.2 Å². The summed E-state index contributed by atoms with van der Waals surface area (Å²) in [5, 5.41) is 0. The van der Waals surface area contributed by atoms with Crippen LogP contribution in [0.25, 0.3) is 0 Å². The molecule has 2 N–H and O–H groups in total. The minimum Gasteiger partial charge on any atom is -0.489 e. The zero-order valence-corrected chi connectivity index (χ0v) is 16.9. The Morgan fingerprint density at radius 1 is 1.15 bits per heavy atom. The molecule has 0 atom stereocenters. The molecule has 2 heterocycles. The quantitative estimate of drug-likeness (QED) is 0.299. The van der Waals surface area contributed by atoms with Gasteiger partial charge in [0.15, 0.2) is 17.5 Å². The Labute approximate surface area is 173 Å². The second-order valence-electron chi connectivity index (χ2n) is 5.69. The lowest BCUT2D eigenvalue weighted by Crippen LogP contribution is -2.51. The van der Waals surface area contributed by atoms with Crippen LogP contribution in [0.2, 0.25) is 0 Å². The van der Waals surface area contributed by atoms with Crippen LogP contribution in [0, 0.1) is 11.6 Å². The summed E-state index contributed by atoms with van der Waals surface area (Å²) in [6.45, 7) is 3.35. The number of aliphatic imine (C=N–C) groups is 1. The van der Waals surface area contributed by atoms with Crippen molar-refractivity contribution < 1.29 is 13.5 Å². The number of hydrogen-bond acceptors (Lipinski definition) is 5. The van der Waals surface area contributed by atoms with Crippen LogP contribution in [0.4, 0.5) is 14.7 Å². The van der Waals surface area contributed by atoms with Gasteiger partial charge in [-0.2, -0.15) is 0 Å². The summed E-state index contributed by atoms with van der Waals surface area (Å²) in [6, 6.07) is 4.96. The molecule has 1 aromatic carbocycles. The minimum absolute atomic E-state index is 0. The number of guanidine groups is 1. The van der Waals surface area contributed by atoms with E-state index in [2.05, 4.69) is 19.9 Å². The Bertz CT molecular complexity index is 756. The minimum atomic E-state index is -0.735. The summed E-state index contributed by atoms with van der Waals surface area (Å²) in [5.74, 6) is -0.255. The fourth-order valence-electron chi connectivity index (χ4n) is 2.60. The third-order valence-electron chi connectivity index (χ3n) is 3.96. The Hall–Kier alpha value is -2.24. The van der Waals surface area contributed by atoms with Gasteiger partial charge in [-0.25, -0.2) is 23.7 Å². The molecule has 1 aliphatic rings. The first-order valence-electron chi connectivity index (χ1n) is 8.28. The van der Waals surface area contributed by atoms with E-state index in [4.69, 9.17) is 10.5 Å².